The highest BCUT2D eigenvalue weighted by Gasteiger charge is 2.22. The predicted octanol–water partition coefficient (Wildman–Crippen LogP) is 2.15. The lowest BCUT2D eigenvalue weighted by Gasteiger charge is -2.12. The second-order valence-corrected chi connectivity index (χ2v) is 4.07. The van der Waals surface area contributed by atoms with Crippen LogP contribution in [0.15, 0.2) is 24.4 Å². The molecule has 76 valence electrons. The molecule has 0 aromatic carbocycles. The normalized spacial score (nSPS) is 26.6. The van der Waals surface area contributed by atoms with Gasteiger partial charge in [0.15, 0.2) is 0 Å². The lowest BCUT2D eigenvalue weighted by molar-refractivity contribution is 0.521. The summed E-state index contributed by atoms with van der Waals surface area (Å²) in [6, 6.07) is 7.54. The highest BCUT2D eigenvalue weighted by molar-refractivity contribution is 5.06. The first-order chi connectivity index (χ1) is 6.88. The molecule has 1 aliphatic heterocycles. The van der Waals surface area contributed by atoms with Crippen LogP contribution < -0.4 is 5.32 Å². The Balaban J connectivity index is 1.88. The number of hydrogen-bond acceptors (Lipinski definition) is 2. The number of nitrogens with one attached hydrogen (secondary N) is 1. The van der Waals surface area contributed by atoms with Crippen molar-refractivity contribution >= 4 is 0 Å². The largest absolute Gasteiger partial charge is 0.311 e. The lowest BCUT2D eigenvalue weighted by atomic mass is 10.1. The van der Waals surface area contributed by atoms with Crippen molar-refractivity contribution in [2.45, 2.75) is 44.7 Å². The summed E-state index contributed by atoms with van der Waals surface area (Å²) in [6.45, 7) is 2.25. The van der Waals surface area contributed by atoms with Gasteiger partial charge in [0.1, 0.15) is 0 Å². The molecule has 0 unspecified atom stereocenters. The Morgan fingerprint density at radius 3 is 2.86 bits per heavy atom. The highest BCUT2D eigenvalue weighted by Crippen LogP contribution is 2.17. The Kier molecular flexibility index (Phi) is 3.14. The van der Waals surface area contributed by atoms with Crippen LogP contribution in [-0.2, 0) is 6.42 Å². The Labute approximate surface area is 85.7 Å². The molecule has 1 N–H and O–H groups in total. The van der Waals surface area contributed by atoms with E-state index < -0.39 is 0 Å². The zero-order valence-electron chi connectivity index (χ0n) is 8.74. The molecule has 14 heavy (non-hydrogen) atoms. The third-order valence-corrected chi connectivity index (χ3v) is 3.01. The molecule has 1 fully saturated rings. The van der Waals surface area contributed by atoms with E-state index in [1.54, 1.807) is 0 Å². The molecule has 1 saturated heterocycles. The first-order valence-electron chi connectivity index (χ1n) is 5.54. The number of aromatic nitrogens is 1. The van der Waals surface area contributed by atoms with Crippen molar-refractivity contribution in [1.29, 1.82) is 0 Å². The van der Waals surface area contributed by atoms with Gasteiger partial charge in [-0.2, -0.15) is 0 Å². The van der Waals surface area contributed by atoms with Gasteiger partial charge in [-0.25, -0.2) is 0 Å². The third kappa shape index (κ3) is 2.32. The van der Waals surface area contributed by atoms with E-state index in [0.29, 0.717) is 6.04 Å². The van der Waals surface area contributed by atoms with Crippen molar-refractivity contribution in [3.8, 4) is 0 Å². The molecule has 0 radical (unpaired) electrons. The monoisotopic (exact) mass is 190 g/mol. The molecule has 2 nitrogen and oxygen atoms in total. The number of pyridine rings is 1. The van der Waals surface area contributed by atoms with E-state index in [4.69, 9.17) is 0 Å². The summed E-state index contributed by atoms with van der Waals surface area (Å²) in [7, 11) is 0. The average Bonchev–Trinajstić information content (AvgIpc) is 2.67. The zero-order valence-corrected chi connectivity index (χ0v) is 8.74. The summed E-state index contributed by atoms with van der Waals surface area (Å²) >= 11 is 0. The van der Waals surface area contributed by atoms with Gasteiger partial charge in [-0.1, -0.05) is 13.0 Å². The Morgan fingerprint density at radius 1 is 1.36 bits per heavy atom. The molecule has 1 aromatic heterocycles. The van der Waals surface area contributed by atoms with E-state index in [2.05, 4.69) is 29.4 Å². The summed E-state index contributed by atoms with van der Waals surface area (Å²) in [5.74, 6) is 0. The van der Waals surface area contributed by atoms with E-state index >= 15 is 0 Å². The maximum Gasteiger partial charge on any atom is 0.0419 e. The fourth-order valence-corrected chi connectivity index (χ4v) is 2.16. The number of hydrogen-bond donors (Lipinski definition) is 1. The molecule has 0 bridgehead atoms. The van der Waals surface area contributed by atoms with Crippen LogP contribution in [0.1, 0.15) is 31.9 Å². The molecule has 2 heterocycles. The fraction of sp³-hybridized carbons (Fsp3) is 0.583. The highest BCUT2D eigenvalue weighted by atomic mass is 15.0. The molecular formula is C12H18N2. The predicted molar refractivity (Wildman–Crippen MR) is 58.2 cm³/mol. The van der Waals surface area contributed by atoms with Crippen LogP contribution in [0, 0.1) is 0 Å². The molecule has 2 atom stereocenters. The quantitative estimate of drug-likeness (QED) is 0.790. The minimum absolute atomic E-state index is 0.648. The Hall–Kier alpha value is -0.890. The van der Waals surface area contributed by atoms with Crippen LogP contribution >= 0.6 is 0 Å². The summed E-state index contributed by atoms with van der Waals surface area (Å²) in [5.41, 5.74) is 1.21. The topological polar surface area (TPSA) is 24.9 Å². The number of rotatable bonds is 3. The van der Waals surface area contributed by atoms with Gasteiger partial charge in [0.05, 0.1) is 0 Å². The average molecular weight is 190 g/mol. The molecule has 1 aromatic rings. The van der Waals surface area contributed by atoms with Gasteiger partial charge in [0.25, 0.3) is 0 Å². The minimum Gasteiger partial charge on any atom is -0.311 e. The van der Waals surface area contributed by atoms with E-state index in [0.717, 1.165) is 12.5 Å². The smallest absolute Gasteiger partial charge is 0.0419 e. The second-order valence-electron chi connectivity index (χ2n) is 4.07. The van der Waals surface area contributed by atoms with Crippen molar-refractivity contribution in [3.63, 3.8) is 0 Å². The van der Waals surface area contributed by atoms with Gasteiger partial charge in [0.2, 0.25) is 0 Å². The molecule has 0 aliphatic carbocycles. The van der Waals surface area contributed by atoms with Crippen molar-refractivity contribution in [1.82, 2.24) is 10.3 Å². The molecule has 0 spiro atoms. The van der Waals surface area contributed by atoms with Gasteiger partial charge in [-0.15, -0.1) is 0 Å². The zero-order chi connectivity index (χ0) is 9.80. The third-order valence-electron chi connectivity index (χ3n) is 3.01. The maximum atomic E-state index is 4.35. The molecular weight excluding hydrogens is 172 g/mol. The van der Waals surface area contributed by atoms with Crippen LogP contribution in [0.2, 0.25) is 0 Å². The Bertz CT molecular complexity index is 271. The van der Waals surface area contributed by atoms with Crippen LogP contribution in [0.5, 0.6) is 0 Å². The summed E-state index contributed by atoms with van der Waals surface area (Å²) in [5, 5.41) is 3.65. The van der Waals surface area contributed by atoms with E-state index in [1.807, 2.05) is 12.3 Å². The SMILES string of the molecule is CC[C@@H]1CC[C@@H](Cc2ccccn2)N1. The Morgan fingerprint density at radius 2 is 2.21 bits per heavy atom. The van der Waals surface area contributed by atoms with Crippen molar-refractivity contribution in [3.05, 3.63) is 30.1 Å². The molecule has 2 rings (SSSR count). The lowest BCUT2D eigenvalue weighted by Crippen LogP contribution is -2.30. The van der Waals surface area contributed by atoms with E-state index in [-0.39, 0.29) is 0 Å². The molecule has 2 heteroatoms. The summed E-state index contributed by atoms with van der Waals surface area (Å²) in [4.78, 5) is 4.35. The van der Waals surface area contributed by atoms with Crippen LogP contribution in [0.4, 0.5) is 0 Å². The van der Waals surface area contributed by atoms with E-state index in [1.165, 1.54) is 25.0 Å². The molecule has 1 aliphatic rings. The van der Waals surface area contributed by atoms with Crippen LogP contribution in [0.3, 0.4) is 0 Å². The minimum atomic E-state index is 0.648. The van der Waals surface area contributed by atoms with Gasteiger partial charge < -0.3 is 5.32 Å². The first-order valence-corrected chi connectivity index (χ1v) is 5.54. The molecule has 0 amide bonds. The second kappa shape index (κ2) is 4.56. The summed E-state index contributed by atoms with van der Waals surface area (Å²) < 4.78 is 0. The molecule has 0 saturated carbocycles. The maximum absolute atomic E-state index is 4.35. The van der Waals surface area contributed by atoms with Crippen molar-refractivity contribution in [2.75, 3.05) is 0 Å². The van der Waals surface area contributed by atoms with Crippen LogP contribution in [0.25, 0.3) is 0 Å². The van der Waals surface area contributed by atoms with Crippen molar-refractivity contribution < 1.29 is 0 Å². The number of nitrogens with zero attached hydrogens (tertiary/aromatic N) is 1. The van der Waals surface area contributed by atoms with Gasteiger partial charge in [0, 0.05) is 30.4 Å². The fourth-order valence-electron chi connectivity index (χ4n) is 2.16. The van der Waals surface area contributed by atoms with Crippen molar-refractivity contribution in [2.24, 2.45) is 0 Å². The van der Waals surface area contributed by atoms with Gasteiger partial charge in [-0.3, -0.25) is 4.98 Å². The van der Waals surface area contributed by atoms with Gasteiger partial charge in [-0.05, 0) is 31.4 Å². The first kappa shape index (κ1) is 9.66. The summed E-state index contributed by atoms with van der Waals surface area (Å²) in [6.07, 6.45) is 6.83. The standard InChI is InChI=1S/C12H18N2/c1-2-10-6-7-12(14-10)9-11-5-3-4-8-13-11/h3-5,8,10,12,14H,2,6-7,9H2,1H3/t10-,12+/m1/s1. The van der Waals surface area contributed by atoms with E-state index in [9.17, 15) is 0 Å². The van der Waals surface area contributed by atoms with Crippen LogP contribution in [-0.4, -0.2) is 17.1 Å². The van der Waals surface area contributed by atoms with Gasteiger partial charge >= 0.3 is 0 Å².